The quantitative estimate of drug-likeness (QED) is 0.393. The highest BCUT2D eigenvalue weighted by molar-refractivity contribution is 5.03. The van der Waals surface area contributed by atoms with E-state index in [1.165, 1.54) is 0 Å². The molecule has 0 aromatic heterocycles. The van der Waals surface area contributed by atoms with Crippen molar-refractivity contribution in [2.75, 3.05) is 0 Å². The molecule has 0 atom stereocenters. The van der Waals surface area contributed by atoms with Crippen LogP contribution in [0.4, 0.5) is 0 Å². The van der Waals surface area contributed by atoms with Crippen molar-refractivity contribution in [3.63, 3.8) is 0 Å². The van der Waals surface area contributed by atoms with Gasteiger partial charge in [-0.05, 0) is 19.9 Å². The van der Waals surface area contributed by atoms with Crippen LogP contribution in [-0.4, -0.2) is 5.11 Å². The first kappa shape index (κ1) is 6.28. The molecule has 0 aromatic carbocycles. The van der Waals surface area contributed by atoms with Gasteiger partial charge in [-0.15, -0.1) is 0 Å². The second-order valence-electron chi connectivity index (χ2n) is 1.33. The monoisotopic (exact) mass is 98.1 g/mol. The average molecular weight is 98.1 g/mol. The second-order valence-corrected chi connectivity index (χ2v) is 1.33. The SMILES string of the molecule is CC=CC=C(C)O. The van der Waals surface area contributed by atoms with E-state index in [2.05, 4.69) is 0 Å². The summed E-state index contributed by atoms with van der Waals surface area (Å²) in [5.74, 6) is 0.345. The molecule has 0 aliphatic rings. The molecule has 0 heterocycles. The summed E-state index contributed by atoms with van der Waals surface area (Å²) in [5, 5.41) is 8.49. The van der Waals surface area contributed by atoms with Crippen LogP contribution in [0.2, 0.25) is 0 Å². The van der Waals surface area contributed by atoms with Gasteiger partial charge >= 0.3 is 0 Å². The molecule has 0 bridgehead atoms. The van der Waals surface area contributed by atoms with E-state index in [1.807, 2.05) is 13.0 Å². The smallest absolute Gasteiger partial charge is 0.0891 e. The molecule has 1 N–H and O–H groups in total. The highest BCUT2D eigenvalue weighted by Crippen LogP contribution is 1.83. The molecule has 0 unspecified atom stereocenters. The normalized spacial score (nSPS) is 13.1. The second kappa shape index (κ2) is 3.47. The summed E-state index contributed by atoms with van der Waals surface area (Å²) in [4.78, 5) is 0. The summed E-state index contributed by atoms with van der Waals surface area (Å²) in [5.41, 5.74) is 0. The van der Waals surface area contributed by atoms with Gasteiger partial charge in [-0.1, -0.05) is 12.2 Å². The van der Waals surface area contributed by atoms with Crippen molar-refractivity contribution in [2.24, 2.45) is 0 Å². The fraction of sp³-hybridized carbons (Fsp3) is 0.333. The summed E-state index contributed by atoms with van der Waals surface area (Å²) in [6.45, 7) is 3.54. The lowest BCUT2D eigenvalue weighted by Gasteiger charge is -1.78. The van der Waals surface area contributed by atoms with Gasteiger partial charge in [0.15, 0.2) is 0 Å². The van der Waals surface area contributed by atoms with E-state index >= 15 is 0 Å². The summed E-state index contributed by atoms with van der Waals surface area (Å²) in [6.07, 6.45) is 5.29. The van der Waals surface area contributed by atoms with Gasteiger partial charge in [0.2, 0.25) is 0 Å². The Balaban J connectivity index is 3.46. The predicted molar refractivity (Wildman–Crippen MR) is 31.2 cm³/mol. The maximum atomic E-state index is 8.49. The Morgan fingerprint density at radius 2 is 2.14 bits per heavy atom. The van der Waals surface area contributed by atoms with Crippen molar-refractivity contribution >= 4 is 0 Å². The number of aliphatic hydroxyl groups excluding tert-OH is 1. The summed E-state index contributed by atoms with van der Waals surface area (Å²) in [6, 6.07) is 0. The Morgan fingerprint density at radius 3 is 2.29 bits per heavy atom. The van der Waals surface area contributed by atoms with Crippen LogP contribution in [-0.2, 0) is 0 Å². The zero-order chi connectivity index (χ0) is 5.70. The van der Waals surface area contributed by atoms with Crippen LogP contribution < -0.4 is 0 Å². The van der Waals surface area contributed by atoms with E-state index in [9.17, 15) is 0 Å². The first-order valence-corrected chi connectivity index (χ1v) is 2.26. The number of hydrogen-bond donors (Lipinski definition) is 1. The zero-order valence-electron chi connectivity index (χ0n) is 4.68. The molecule has 0 aliphatic carbocycles. The minimum absolute atomic E-state index is 0.345. The van der Waals surface area contributed by atoms with Crippen LogP contribution >= 0.6 is 0 Å². The lowest BCUT2D eigenvalue weighted by Crippen LogP contribution is -1.63. The highest BCUT2D eigenvalue weighted by Gasteiger charge is 1.68. The van der Waals surface area contributed by atoms with Crippen LogP contribution in [0.3, 0.4) is 0 Å². The van der Waals surface area contributed by atoms with E-state index in [4.69, 9.17) is 5.11 Å². The molecule has 0 saturated carbocycles. The molecule has 0 fully saturated rings. The summed E-state index contributed by atoms with van der Waals surface area (Å²) >= 11 is 0. The maximum absolute atomic E-state index is 8.49. The lowest BCUT2D eigenvalue weighted by atomic mass is 10.4. The third-order valence-electron chi connectivity index (χ3n) is 0.530. The highest BCUT2D eigenvalue weighted by atomic mass is 16.3. The van der Waals surface area contributed by atoms with Crippen molar-refractivity contribution in [3.8, 4) is 0 Å². The van der Waals surface area contributed by atoms with Gasteiger partial charge in [0.25, 0.3) is 0 Å². The minimum atomic E-state index is 0.345. The molecule has 0 amide bonds. The molecule has 0 saturated heterocycles. The first-order chi connectivity index (χ1) is 3.27. The van der Waals surface area contributed by atoms with E-state index < -0.39 is 0 Å². The van der Waals surface area contributed by atoms with Crippen molar-refractivity contribution in [3.05, 3.63) is 24.0 Å². The molecular formula is C6H10O. The van der Waals surface area contributed by atoms with Crippen molar-refractivity contribution in [1.82, 2.24) is 0 Å². The molecule has 0 spiro atoms. The average Bonchev–Trinajstić information content (AvgIpc) is 1.61. The fourth-order valence-corrected chi connectivity index (χ4v) is 0.235. The Bertz CT molecular complexity index is 86.4. The number of rotatable bonds is 1. The van der Waals surface area contributed by atoms with Crippen molar-refractivity contribution < 1.29 is 5.11 Å². The molecular weight excluding hydrogens is 88.1 g/mol. The molecule has 0 rings (SSSR count). The van der Waals surface area contributed by atoms with Crippen molar-refractivity contribution in [2.45, 2.75) is 13.8 Å². The third-order valence-corrected chi connectivity index (χ3v) is 0.530. The third kappa shape index (κ3) is 5.28. The van der Waals surface area contributed by atoms with Gasteiger partial charge in [0.05, 0.1) is 5.76 Å². The van der Waals surface area contributed by atoms with E-state index in [1.54, 1.807) is 19.1 Å². The van der Waals surface area contributed by atoms with Gasteiger partial charge in [-0.2, -0.15) is 0 Å². The standard InChI is InChI=1S/C6H10O/c1-3-4-5-6(2)7/h3-5,7H,1-2H3. The van der Waals surface area contributed by atoms with Crippen LogP contribution in [0.5, 0.6) is 0 Å². The Hall–Kier alpha value is -0.720. The first-order valence-electron chi connectivity index (χ1n) is 2.26. The summed E-state index contributed by atoms with van der Waals surface area (Å²) in [7, 11) is 0. The van der Waals surface area contributed by atoms with E-state index in [-0.39, 0.29) is 0 Å². The van der Waals surface area contributed by atoms with Gasteiger partial charge in [-0.3, -0.25) is 0 Å². The molecule has 7 heavy (non-hydrogen) atoms. The van der Waals surface area contributed by atoms with E-state index in [0.29, 0.717) is 5.76 Å². The largest absolute Gasteiger partial charge is 0.513 e. The van der Waals surface area contributed by atoms with Gasteiger partial charge in [0, 0.05) is 0 Å². The van der Waals surface area contributed by atoms with Crippen LogP contribution in [0, 0.1) is 0 Å². The van der Waals surface area contributed by atoms with Crippen LogP contribution in [0.25, 0.3) is 0 Å². The predicted octanol–water partition coefficient (Wildman–Crippen LogP) is 2.02. The Kier molecular flexibility index (Phi) is 3.11. The molecule has 0 aromatic rings. The molecule has 1 nitrogen and oxygen atoms in total. The molecule has 0 aliphatic heterocycles. The zero-order valence-corrected chi connectivity index (χ0v) is 4.68. The Morgan fingerprint density at radius 1 is 1.57 bits per heavy atom. The van der Waals surface area contributed by atoms with Gasteiger partial charge in [0.1, 0.15) is 0 Å². The van der Waals surface area contributed by atoms with Crippen LogP contribution in [0.15, 0.2) is 24.0 Å². The number of aliphatic hydroxyl groups is 1. The molecule has 1 heteroatoms. The van der Waals surface area contributed by atoms with Crippen LogP contribution in [0.1, 0.15) is 13.8 Å². The number of allylic oxidation sites excluding steroid dienone is 4. The number of hydrogen-bond acceptors (Lipinski definition) is 1. The fourth-order valence-electron chi connectivity index (χ4n) is 0.235. The topological polar surface area (TPSA) is 20.2 Å². The van der Waals surface area contributed by atoms with Crippen molar-refractivity contribution in [1.29, 1.82) is 0 Å². The summed E-state index contributed by atoms with van der Waals surface area (Å²) < 4.78 is 0. The van der Waals surface area contributed by atoms with Gasteiger partial charge in [-0.25, -0.2) is 0 Å². The maximum Gasteiger partial charge on any atom is 0.0891 e. The lowest BCUT2D eigenvalue weighted by molar-refractivity contribution is 0.414. The van der Waals surface area contributed by atoms with Gasteiger partial charge < -0.3 is 5.11 Å². The molecule has 0 radical (unpaired) electrons. The Labute approximate surface area is 44.0 Å². The minimum Gasteiger partial charge on any atom is -0.513 e. The van der Waals surface area contributed by atoms with E-state index in [0.717, 1.165) is 0 Å². The molecule has 40 valence electrons.